The Morgan fingerprint density at radius 3 is 2.24 bits per heavy atom. The van der Waals surface area contributed by atoms with Crippen LogP contribution in [0.25, 0.3) is 0 Å². The summed E-state index contributed by atoms with van der Waals surface area (Å²) in [6.45, 7) is 0. The van der Waals surface area contributed by atoms with Crippen LogP contribution >= 0.6 is 0 Å². The fraction of sp³-hybridized carbons (Fsp3) is 0.0714. The molecule has 3 nitrogen and oxygen atoms in total. The van der Waals surface area contributed by atoms with E-state index in [1.54, 1.807) is 0 Å². The maximum Gasteiger partial charge on any atom is 0.417 e. The largest absolute Gasteiger partial charge is 0.417 e. The Bertz CT molecular complexity index is 666. The molecule has 0 heterocycles. The van der Waals surface area contributed by atoms with Gasteiger partial charge in [-0.1, -0.05) is 0 Å². The number of amides is 1. The van der Waals surface area contributed by atoms with Gasteiger partial charge < -0.3 is 11.1 Å². The molecule has 2 aromatic carbocycles. The summed E-state index contributed by atoms with van der Waals surface area (Å²) in [6.07, 6.45) is -4.82. The van der Waals surface area contributed by atoms with Crippen LogP contribution in [-0.4, -0.2) is 5.91 Å². The van der Waals surface area contributed by atoms with Gasteiger partial charge in [0, 0.05) is 11.4 Å². The summed E-state index contributed by atoms with van der Waals surface area (Å²) in [7, 11) is 0. The van der Waals surface area contributed by atoms with Crippen LogP contribution in [-0.2, 0) is 6.18 Å². The third-order valence-electron chi connectivity index (χ3n) is 2.70. The van der Waals surface area contributed by atoms with Gasteiger partial charge in [-0.05, 0) is 42.5 Å². The number of anilines is 2. The number of hydrogen-bond donors (Lipinski definition) is 2. The molecule has 2 aromatic rings. The summed E-state index contributed by atoms with van der Waals surface area (Å²) in [5.74, 6) is -2.04. The topological polar surface area (TPSA) is 55.1 Å². The van der Waals surface area contributed by atoms with Crippen molar-refractivity contribution >= 4 is 17.3 Å². The molecule has 110 valence electrons. The van der Waals surface area contributed by atoms with Crippen molar-refractivity contribution in [3.8, 4) is 0 Å². The Balaban J connectivity index is 2.33. The fourth-order valence-corrected chi connectivity index (χ4v) is 1.71. The van der Waals surface area contributed by atoms with E-state index in [9.17, 15) is 22.4 Å². The number of carbonyl (C=O) groups excluding carboxylic acids is 1. The maximum absolute atomic E-state index is 13.0. The second kappa shape index (κ2) is 5.43. The molecule has 0 saturated carbocycles. The Kier molecular flexibility index (Phi) is 3.84. The number of rotatable bonds is 2. The second-order valence-corrected chi connectivity index (χ2v) is 4.26. The summed E-state index contributed by atoms with van der Waals surface area (Å²) >= 11 is 0. The van der Waals surface area contributed by atoms with Crippen LogP contribution in [0.5, 0.6) is 0 Å². The van der Waals surface area contributed by atoms with E-state index in [0.717, 1.165) is 12.1 Å². The zero-order valence-corrected chi connectivity index (χ0v) is 10.5. The maximum atomic E-state index is 13.0. The van der Waals surface area contributed by atoms with Gasteiger partial charge in [-0.2, -0.15) is 13.2 Å². The molecular formula is C14H10F4N2O. The van der Waals surface area contributed by atoms with E-state index < -0.39 is 29.0 Å². The number of nitrogens with two attached hydrogens (primary N) is 1. The Hall–Kier alpha value is -2.57. The van der Waals surface area contributed by atoms with Crippen LogP contribution in [0.1, 0.15) is 15.9 Å². The van der Waals surface area contributed by atoms with Gasteiger partial charge in [0.15, 0.2) is 0 Å². The number of alkyl halides is 3. The molecule has 0 saturated heterocycles. The van der Waals surface area contributed by atoms with Gasteiger partial charge in [0.25, 0.3) is 5.91 Å². The van der Waals surface area contributed by atoms with Crippen molar-refractivity contribution in [3.05, 3.63) is 59.4 Å². The smallest absolute Gasteiger partial charge is 0.399 e. The Morgan fingerprint density at radius 1 is 1.05 bits per heavy atom. The Labute approximate surface area is 117 Å². The number of nitrogen functional groups attached to an aromatic ring is 1. The fourth-order valence-electron chi connectivity index (χ4n) is 1.71. The molecule has 7 heteroatoms. The summed E-state index contributed by atoms with van der Waals surface area (Å²) < 4.78 is 51.4. The first-order valence-corrected chi connectivity index (χ1v) is 5.81. The highest BCUT2D eigenvalue weighted by Crippen LogP contribution is 2.32. The normalized spacial score (nSPS) is 11.2. The molecule has 21 heavy (non-hydrogen) atoms. The van der Waals surface area contributed by atoms with Gasteiger partial charge in [-0.25, -0.2) is 4.39 Å². The molecule has 0 spiro atoms. The zero-order valence-electron chi connectivity index (χ0n) is 10.5. The van der Waals surface area contributed by atoms with Crippen molar-refractivity contribution in [2.45, 2.75) is 6.18 Å². The van der Waals surface area contributed by atoms with Crippen molar-refractivity contribution < 1.29 is 22.4 Å². The summed E-state index contributed by atoms with van der Waals surface area (Å²) in [5, 5.41) is 2.30. The molecular weight excluding hydrogens is 288 g/mol. The Morgan fingerprint density at radius 2 is 1.67 bits per heavy atom. The van der Waals surface area contributed by atoms with Gasteiger partial charge in [0.2, 0.25) is 0 Å². The molecule has 0 aliphatic heterocycles. The predicted octanol–water partition coefficient (Wildman–Crippen LogP) is 3.68. The van der Waals surface area contributed by atoms with Crippen LogP contribution in [0.2, 0.25) is 0 Å². The third kappa shape index (κ3) is 3.50. The van der Waals surface area contributed by atoms with Crippen molar-refractivity contribution in [1.82, 2.24) is 0 Å². The quantitative estimate of drug-likeness (QED) is 0.656. The molecule has 2 rings (SSSR count). The van der Waals surface area contributed by atoms with Crippen molar-refractivity contribution in [2.75, 3.05) is 11.1 Å². The minimum Gasteiger partial charge on any atom is -0.399 e. The lowest BCUT2D eigenvalue weighted by atomic mass is 10.1. The van der Waals surface area contributed by atoms with E-state index in [1.807, 2.05) is 0 Å². The average Bonchev–Trinajstić information content (AvgIpc) is 2.40. The number of hydrogen-bond acceptors (Lipinski definition) is 2. The van der Waals surface area contributed by atoms with Gasteiger partial charge in [0.05, 0.1) is 11.1 Å². The highest BCUT2D eigenvalue weighted by Gasteiger charge is 2.35. The van der Waals surface area contributed by atoms with Crippen LogP contribution in [0.3, 0.4) is 0 Å². The van der Waals surface area contributed by atoms with E-state index in [0.29, 0.717) is 5.69 Å². The minimum absolute atomic E-state index is 0.284. The molecule has 3 N–H and O–H groups in total. The lowest BCUT2D eigenvalue weighted by Crippen LogP contribution is -2.19. The monoisotopic (exact) mass is 298 g/mol. The number of carbonyl (C=O) groups is 1. The highest BCUT2D eigenvalue weighted by atomic mass is 19.4. The molecule has 0 radical (unpaired) electrons. The predicted molar refractivity (Wildman–Crippen MR) is 70.2 cm³/mol. The summed E-state index contributed by atoms with van der Waals surface area (Å²) in [6, 6.07) is 7.76. The van der Waals surface area contributed by atoms with Crippen LogP contribution < -0.4 is 11.1 Å². The van der Waals surface area contributed by atoms with E-state index in [4.69, 9.17) is 5.73 Å². The molecule has 0 bridgehead atoms. The van der Waals surface area contributed by atoms with Gasteiger partial charge in [0.1, 0.15) is 5.82 Å². The SMILES string of the molecule is Nc1ccc(NC(=O)c2ccc(F)cc2C(F)(F)F)cc1. The van der Waals surface area contributed by atoms with E-state index in [1.165, 1.54) is 24.3 Å². The molecule has 0 aromatic heterocycles. The second-order valence-electron chi connectivity index (χ2n) is 4.26. The molecule has 0 aliphatic carbocycles. The van der Waals surface area contributed by atoms with Crippen LogP contribution in [0.15, 0.2) is 42.5 Å². The minimum atomic E-state index is -4.82. The number of nitrogens with one attached hydrogen (secondary N) is 1. The molecule has 1 amide bonds. The number of benzene rings is 2. The standard InChI is InChI=1S/C14H10F4N2O/c15-8-1-6-11(12(7-8)14(16,17)18)13(21)20-10-4-2-9(19)3-5-10/h1-7H,19H2,(H,20,21). The first-order valence-electron chi connectivity index (χ1n) is 5.81. The van der Waals surface area contributed by atoms with Crippen LogP contribution in [0.4, 0.5) is 28.9 Å². The first kappa shape index (κ1) is 14.8. The van der Waals surface area contributed by atoms with Gasteiger partial charge >= 0.3 is 6.18 Å². The van der Waals surface area contributed by atoms with Gasteiger partial charge in [-0.3, -0.25) is 4.79 Å². The van der Waals surface area contributed by atoms with Gasteiger partial charge in [-0.15, -0.1) is 0 Å². The van der Waals surface area contributed by atoms with E-state index in [2.05, 4.69) is 5.32 Å². The van der Waals surface area contributed by atoms with Crippen molar-refractivity contribution in [3.63, 3.8) is 0 Å². The van der Waals surface area contributed by atoms with Crippen molar-refractivity contribution in [2.24, 2.45) is 0 Å². The van der Waals surface area contributed by atoms with Crippen molar-refractivity contribution in [1.29, 1.82) is 0 Å². The highest BCUT2D eigenvalue weighted by molar-refractivity contribution is 6.05. The van der Waals surface area contributed by atoms with E-state index >= 15 is 0 Å². The molecule has 0 aliphatic rings. The summed E-state index contributed by atoms with van der Waals surface area (Å²) in [4.78, 5) is 11.9. The average molecular weight is 298 g/mol. The summed E-state index contributed by atoms with van der Waals surface area (Å²) in [5.41, 5.74) is 4.22. The first-order chi connectivity index (χ1) is 9.77. The zero-order chi connectivity index (χ0) is 15.6. The molecule has 0 unspecified atom stereocenters. The lowest BCUT2D eigenvalue weighted by Gasteiger charge is -2.13. The number of halogens is 4. The molecule has 0 fully saturated rings. The van der Waals surface area contributed by atoms with E-state index in [-0.39, 0.29) is 11.8 Å². The lowest BCUT2D eigenvalue weighted by molar-refractivity contribution is -0.138. The van der Waals surface area contributed by atoms with Crippen LogP contribution in [0, 0.1) is 5.82 Å². The molecule has 0 atom stereocenters. The third-order valence-corrected chi connectivity index (χ3v) is 2.70.